The Labute approximate surface area is 169 Å². The molecule has 0 saturated carbocycles. The van der Waals surface area contributed by atoms with Crippen LogP contribution in [0.25, 0.3) is 11.3 Å². The number of fused-ring (bicyclic) bond motifs is 1. The van der Waals surface area contributed by atoms with E-state index in [0.717, 1.165) is 34.0 Å². The zero-order valence-corrected chi connectivity index (χ0v) is 17.1. The summed E-state index contributed by atoms with van der Waals surface area (Å²) < 4.78 is 56.5. The minimum Gasteiger partial charge on any atom is -0.302 e. The third-order valence-corrected chi connectivity index (χ3v) is 7.14. The molecule has 1 aliphatic carbocycles. The zero-order valence-electron chi connectivity index (χ0n) is 16.3. The van der Waals surface area contributed by atoms with Crippen molar-refractivity contribution in [1.29, 1.82) is 0 Å². The predicted octanol–water partition coefficient (Wildman–Crippen LogP) is 4.61. The van der Waals surface area contributed by atoms with Gasteiger partial charge in [0.2, 0.25) is 0 Å². The number of hydrogen-bond donors (Lipinski definition) is 0. The average molecular weight is 416 g/mol. The third kappa shape index (κ3) is 3.38. The Balaban J connectivity index is 2.03. The highest BCUT2D eigenvalue weighted by molar-refractivity contribution is 7.90. The average Bonchev–Trinajstić information content (AvgIpc) is 3.08. The van der Waals surface area contributed by atoms with Crippen LogP contribution in [0.3, 0.4) is 0 Å². The molecule has 1 atom stereocenters. The molecule has 0 N–H and O–H groups in total. The van der Waals surface area contributed by atoms with Gasteiger partial charge in [-0.05, 0) is 74.8 Å². The summed E-state index contributed by atoms with van der Waals surface area (Å²) in [5.41, 5.74) is 2.27. The summed E-state index contributed by atoms with van der Waals surface area (Å²) in [6, 6.07) is 11.1. The number of hydrogen-bond acceptors (Lipinski definition) is 3. The lowest BCUT2D eigenvalue weighted by Crippen LogP contribution is -2.23. The molecule has 2 aromatic carbocycles. The quantitative estimate of drug-likeness (QED) is 0.624. The maximum atomic E-state index is 14.7. The number of benzene rings is 2. The number of halogens is 2. The lowest BCUT2D eigenvalue weighted by molar-refractivity contribution is 0.269. The van der Waals surface area contributed by atoms with E-state index in [4.69, 9.17) is 0 Å². The standard InChI is InChI=1S/C22H22F2N2O2S/c1-25(2)21-12-6-10-17-19(21)14-26(22(17)18-9-3-4-11-20(18)24)29(27,28)16-8-5-7-15(23)13-16/h3-5,7-9,11,13-14,21H,6,10,12H2,1-2H3. The van der Waals surface area contributed by atoms with Gasteiger partial charge in [-0.2, -0.15) is 0 Å². The fraction of sp³-hybridized carbons (Fsp3) is 0.273. The summed E-state index contributed by atoms with van der Waals surface area (Å²) in [6.45, 7) is 0. The molecular formula is C22H22F2N2O2S. The van der Waals surface area contributed by atoms with Crippen molar-refractivity contribution >= 4 is 10.0 Å². The van der Waals surface area contributed by atoms with Crippen LogP contribution in [-0.4, -0.2) is 31.4 Å². The Morgan fingerprint density at radius 3 is 2.52 bits per heavy atom. The van der Waals surface area contributed by atoms with Crippen LogP contribution in [0.2, 0.25) is 0 Å². The molecule has 0 amide bonds. The van der Waals surface area contributed by atoms with Crippen molar-refractivity contribution in [3.8, 4) is 11.3 Å². The van der Waals surface area contributed by atoms with Gasteiger partial charge in [-0.15, -0.1) is 0 Å². The first-order chi connectivity index (χ1) is 13.8. The van der Waals surface area contributed by atoms with E-state index in [0.29, 0.717) is 12.1 Å². The van der Waals surface area contributed by atoms with E-state index < -0.39 is 21.7 Å². The van der Waals surface area contributed by atoms with E-state index in [2.05, 4.69) is 0 Å². The van der Waals surface area contributed by atoms with Gasteiger partial charge in [-0.25, -0.2) is 21.2 Å². The van der Waals surface area contributed by atoms with Crippen molar-refractivity contribution in [2.45, 2.75) is 30.2 Å². The molecule has 0 spiro atoms. The highest BCUT2D eigenvalue weighted by atomic mass is 32.2. The van der Waals surface area contributed by atoms with Gasteiger partial charge in [-0.3, -0.25) is 0 Å². The molecule has 4 rings (SSSR count). The molecule has 4 nitrogen and oxygen atoms in total. The van der Waals surface area contributed by atoms with Gasteiger partial charge >= 0.3 is 0 Å². The van der Waals surface area contributed by atoms with Crippen LogP contribution in [-0.2, 0) is 16.4 Å². The Kier molecular flexibility index (Phi) is 5.04. The zero-order chi connectivity index (χ0) is 20.8. The minimum absolute atomic E-state index is 0.0354. The molecule has 0 radical (unpaired) electrons. The van der Waals surface area contributed by atoms with Crippen molar-refractivity contribution in [3.63, 3.8) is 0 Å². The molecule has 0 fully saturated rings. The molecule has 0 aliphatic heterocycles. The normalized spacial score (nSPS) is 16.8. The first-order valence-electron chi connectivity index (χ1n) is 9.47. The van der Waals surface area contributed by atoms with Crippen molar-refractivity contribution in [2.75, 3.05) is 14.1 Å². The van der Waals surface area contributed by atoms with Crippen molar-refractivity contribution in [1.82, 2.24) is 8.87 Å². The van der Waals surface area contributed by atoms with Crippen molar-refractivity contribution < 1.29 is 17.2 Å². The highest BCUT2D eigenvalue weighted by Gasteiger charge is 2.33. The smallest absolute Gasteiger partial charge is 0.268 e. The minimum atomic E-state index is -4.11. The van der Waals surface area contributed by atoms with E-state index in [1.165, 1.54) is 24.3 Å². The Morgan fingerprint density at radius 2 is 1.83 bits per heavy atom. The molecule has 1 aliphatic rings. The second kappa shape index (κ2) is 7.39. The molecule has 1 unspecified atom stereocenters. The van der Waals surface area contributed by atoms with Gasteiger partial charge in [0, 0.05) is 17.8 Å². The van der Waals surface area contributed by atoms with Crippen LogP contribution in [0.5, 0.6) is 0 Å². The SMILES string of the molecule is CN(C)C1CCCc2c1cn(S(=O)(=O)c1cccc(F)c1)c2-c1ccccc1F. The molecular weight excluding hydrogens is 394 g/mol. The highest BCUT2D eigenvalue weighted by Crippen LogP contribution is 2.42. The maximum absolute atomic E-state index is 14.7. The van der Waals surface area contributed by atoms with Crippen molar-refractivity contribution in [3.05, 3.63) is 77.5 Å². The fourth-order valence-electron chi connectivity index (χ4n) is 4.12. The van der Waals surface area contributed by atoms with Crippen LogP contribution in [0.15, 0.2) is 59.6 Å². The van der Waals surface area contributed by atoms with E-state index >= 15 is 0 Å². The van der Waals surface area contributed by atoms with Gasteiger partial charge < -0.3 is 4.90 Å². The lowest BCUT2D eigenvalue weighted by atomic mass is 9.87. The van der Waals surface area contributed by atoms with E-state index in [1.807, 2.05) is 19.0 Å². The van der Waals surface area contributed by atoms with E-state index in [-0.39, 0.29) is 16.5 Å². The topological polar surface area (TPSA) is 42.3 Å². The summed E-state index contributed by atoms with van der Waals surface area (Å²) in [5.74, 6) is -1.13. The molecule has 0 saturated heterocycles. The second-order valence-electron chi connectivity index (χ2n) is 7.52. The summed E-state index contributed by atoms with van der Waals surface area (Å²) in [7, 11) is -0.218. The molecule has 152 valence electrons. The molecule has 29 heavy (non-hydrogen) atoms. The summed E-state index contributed by atoms with van der Waals surface area (Å²) in [6.07, 6.45) is 4.01. The Morgan fingerprint density at radius 1 is 1.07 bits per heavy atom. The van der Waals surface area contributed by atoms with Gasteiger partial charge in [0.15, 0.2) is 0 Å². The number of aromatic nitrogens is 1. The molecule has 7 heteroatoms. The monoisotopic (exact) mass is 416 g/mol. The van der Waals surface area contributed by atoms with Crippen LogP contribution in [0.1, 0.15) is 30.0 Å². The summed E-state index contributed by atoms with van der Waals surface area (Å²) in [5, 5.41) is 0. The maximum Gasteiger partial charge on any atom is 0.268 e. The Hall–Kier alpha value is -2.51. The number of rotatable bonds is 4. The summed E-state index contributed by atoms with van der Waals surface area (Å²) >= 11 is 0. The summed E-state index contributed by atoms with van der Waals surface area (Å²) in [4.78, 5) is 1.88. The van der Waals surface area contributed by atoms with E-state index in [9.17, 15) is 17.2 Å². The third-order valence-electron chi connectivity index (χ3n) is 5.48. The van der Waals surface area contributed by atoms with E-state index in [1.54, 1.807) is 24.4 Å². The first-order valence-corrected chi connectivity index (χ1v) is 10.9. The van der Waals surface area contributed by atoms with Gasteiger partial charge in [0.1, 0.15) is 11.6 Å². The van der Waals surface area contributed by atoms with Crippen molar-refractivity contribution in [2.24, 2.45) is 0 Å². The molecule has 3 aromatic rings. The van der Waals surface area contributed by atoms with Crippen LogP contribution < -0.4 is 0 Å². The first kappa shape index (κ1) is 19.8. The second-order valence-corrected chi connectivity index (χ2v) is 9.34. The molecule has 1 aromatic heterocycles. The van der Waals surface area contributed by atoms with Gasteiger partial charge in [0.25, 0.3) is 10.0 Å². The van der Waals surface area contributed by atoms with Crippen LogP contribution in [0, 0.1) is 11.6 Å². The van der Waals surface area contributed by atoms with Crippen LogP contribution in [0.4, 0.5) is 8.78 Å². The predicted molar refractivity (Wildman–Crippen MR) is 108 cm³/mol. The van der Waals surface area contributed by atoms with Gasteiger partial charge in [-0.1, -0.05) is 18.2 Å². The Bertz CT molecular complexity index is 1170. The lowest BCUT2D eigenvalue weighted by Gasteiger charge is -2.28. The largest absolute Gasteiger partial charge is 0.302 e. The number of nitrogens with zero attached hydrogens (tertiary/aromatic N) is 2. The fourth-order valence-corrected chi connectivity index (χ4v) is 5.56. The molecule has 1 heterocycles. The van der Waals surface area contributed by atoms with Crippen LogP contribution >= 0.6 is 0 Å². The molecule has 0 bridgehead atoms. The van der Waals surface area contributed by atoms with Gasteiger partial charge in [0.05, 0.1) is 10.6 Å².